The molecule has 8 nitrogen and oxygen atoms in total. The van der Waals surface area contributed by atoms with E-state index < -0.39 is 8.60 Å². The van der Waals surface area contributed by atoms with Crippen LogP contribution in [0.25, 0.3) is 32.7 Å². The van der Waals surface area contributed by atoms with Crippen LogP contribution in [-0.4, -0.2) is 75.3 Å². The van der Waals surface area contributed by atoms with Gasteiger partial charge in [-0.3, -0.25) is 9.59 Å². The summed E-state index contributed by atoms with van der Waals surface area (Å²) in [4.78, 5) is 48.7. The molecule has 206 valence electrons. The molecule has 0 aromatic heterocycles. The number of carbonyl (C=O) groups is 2. The zero-order valence-electron chi connectivity index (χ0n) is 22.2. The van der Waals surface area contributed by atoms with Crippen LogP contribution in [0.15, 0.2) is 102 Å². The monoisotopic (exact) mass is 565 g/mol. The third-order valence-corrected chi connectivity index (χ3v) is 7.97. The maximum absolute atomic E-state index is 12.4. The van der Waals surface area contributed by atoms with Crippen LogP contribution in [0.2, 0.25) is 0 Å². The maximum Gasteiger partial charge on any atom is 0.391 e. The fourth-order valence-electron chi connectivity index (χ4n) is 5.32. The number of benzene rings is 4. The molecule has 4 aliphatic rings. The molecule has 3 heterocycles. The molecule has 3 saturated heterocycles. The summed E-state index contributed by atoms with van der Waals surface area (Å²) in [5.74, 6) is 0.532. The van der Waals surface area contributed by atoms with Crippen molar-refractivity contribution in [3.05, 3.63) is 102 Å². The van der Waals surface area contributed by atoms with Gasteiger partial charge in [-0.1, -0.05) is 66.7 Å². The summed E-state index contributed by atoms with van der Waals surface area (Å²) in [6.45, 7) is 5.41. The van der Waals surface area contributed by atoms with E-state index in [2.05, 4.69) is 30.3 Å². The number of Topliss-reactive ketones (excluding diaryl/α,β-unsaturated/α-hetero) is 1. The second-order valence-electron chi connectivity index (χ2n) is 10.4. The molecule has 9 heteroatoms. The summed E-state index contributed by atoms with van der Waals surface area (Å²) >= 11 is 0. The van der Waals surface area contributed by atoms with Gasteiger partial charge in [-0.25, -0.2) is 0 Å². The van der Waals surface area contributed by atoms with Crippen molar-refractivity contribution in [3.63, 3.8) is 0 Å². The Morgan fingerprint density at radius 3 is 2.00 bits per heavy atom. The minimum Gasteiger partial charge on any atom is -0.426 e. The third-order valence-electron chi connectivity index (χ3n) is 7.61. The van der Waals surface area contributed by atoms with Crippen LogP contribution >= 0.6 is 8.60 Å². The molecule has 4 aromatic carbocycles. The number of ketones is 2. The van der Waals surface area contributed by atoms with Gasteiger partial charge in [0.2, 0.25) is 11.6 Å². The first kappa shape index (κ1) is 25.7. The van der Waals surface area contributed by atoms with E-state index in [9.17, 15) is 9.59 Å². The van der Waals surface area contributed by atoms with Crippen molar-refractivity contribution >= 4 is 41.7 Å². The maximum atomic E-state index is 12.4. The minimum atomic E-state index is -2.43. The van der Waals surface area contributed by atoms with Gasteiger partial charge in [0.15, 0.2) is 0 Å². The lowest BCUT2D eigenvalue weighted by Crippen LogP contribution is -2.29. The Morgan fingerprint density at radius 2 is 1.32 bits per heavy atom. The predicted molar refractivity (Wildman–Crippen MR) is 159 cm³/mol. The number of nitrogens with zero attached hydrogens (tertiary/aromatic N) is 3. The molecule has 3 aliphatic heterocycles. The highest BCUT2D eigenvalue weighted by molar-refractivity contribution is 7.39. The van der Waals surface area contributed by atoms with Gasteiger partial charge in [0.25, 0.3) is 0 Å². The smallest absolute Gasteiger partial charge is 0.391 e. The van der Waals surface area contributed by atoms with Gasteiger partial charge in [-0.05, 0) is 39.4 Å². The van der Waals surface area contributed by atoms with Crippen molar-refractivity contribution in [2.24, 2.45) is 0 Å². The van der Waals surface area contributed by atoms with Crippen molar-refractivity contribution in [2.75, 3.05) is 39.3 Å². The Labute approximate surface area is 238 Å². The number of hydrogen-bond acceptors (Lipinski definition) is 8. The van der Waals surface area contributed by atoms with E-state index in [1.807, 2.05) is 57.2 Å². The van der Waals surface area contributed by atoms with Crippen LogP contribution in [0.5, 0.6) is 5.75 Å². The van der Waals surface area contributed by atoms with Gasteiger partial charge in [0, 0.05) is 50.7 Å². The fraction of sp³-hybridized carbons (Fsp3) is 0.188. The second kappa shape index (κ2) is 10.3. The molecule has 0 unspecified atom stereocenters. The number of fused-ring (bicyclic) bond motifs is 3. The molecule has 0 saturated carbocycles. The van der Waals surface area contributed by atoms with Crippen LogP contribution in [0.3, 0.4) is 0 Å². The van der Waals surface area contributed by atoms with Crippen LogP contribution < -0.4 is 4.52 Å². The molecule has 0 bridgehead atoms. The molecule has 0 atom stereocenters. The highest BCUT2D eigenvalue weighted by Gasteiger charge is 2.43. The van der Waals surface area contributed by atoms with E-state index in [0.717, 1.165) is 60.8 Å². The second-order valence-corrected chi connectivity index (χ2v) is 11.1. The van der Waals surface area contributed by atoms with Crippen LogP contribution in [-0.2, 0) is 9.59 Å². The Hall–Kier alpha value is -4.23. The molecule has 3 fully saturated rings. The summed E-state index contributed by atoms with van der Waals surface area (Å²) in [6.07, 6.45) is 1.52. The quantitative estimate of drug-likeness (QED) is 0.154. The van der Waals surface area contributed by atoms with Crippen LogP contribution in [0, 0.1) is 0 Å². The lowest BCUT2D eigenvalue weighted by Gasteiger charge is -2.21. The van der Waals surface area contributed by atoms with Gasteiger partial charge >= 0.3 is 8.60 Å². The van der Waals surface area contributed by atoms with E-state index in [1.165, 1.54) is 17.2 Å². The van der Waals surface area contributed by atoms with Crippen LogP contribution in [0.4, 0.5) is 0 Å². The van der Waals surface area contributed by atoms with E-state index >= 15 is 0 Å². The summed E-state index contributed by atoms with van der Waals surface area (Å²) in [5.41, 5.74) is 4.24. The molecule has 4 aromatic rings. The summed E-state index contributed by atoms with van der Waals surface area (Å²) in [7, 11) is -2.43. The standard InChI is InChI=1S/C20H15O3P.C12H13N3O2/c21-24(22)23-20-8-4-7-18-17-11-9-15(14-5-2-1-3-6-14)13-16(17)10-12-19(18)20;16-9-7-8(13-1-2-13)12(17)11(15-5-6-15)10(9)14-3-4-14/h1-13,21-22H;7H,1-6H2. The molecule has 0 radical (unpaired) electrons. The molecular formula is C32H28N3O5P. The molecule has 2 N–H and O–H groups in total. The lowest BCUT2D eigenvalue weighted by atomic mass is 9.97. The largest absolute Gasteiger partial charge is 0.426 e. The topological polar surface area (TPSA) is 92.9 Å². The van der Waals surface area contributed by atoms with E-state index in [0.29, 0.717) is 22.8 Å². The average Bonchev–Trinajstić information content (AvgIpc) is 3.82. The van der Waals surface area contributed by atoms with Crippen molar-refractivity contribution in [2.45, 2.75) is 0 Å². The first-order valence-corrected chi connectivity index (χ1v) is 14.8. The third kappa shape index (κ3) is 5.18. The van der Waals surface area contributed by atoms with Crippen molar-refractivity contribution in [3.8, 4) is 16.9 Å². The van der Waals surface area contributed by atoms with Gasteiger partial charge in [0.05, 0.1) is 5.70 Å². The summed E-state index contributed by atoms with van der Waals surface area (Å²) < 4.78 is 5.15. The molecule has 0 spiro atoms. The Balaban J connectivity index is 0.000000142. The SMILES string of the molecule is O=C1C=C(N2CC2)C(=O)C(N2CC2)=C1N1CC1.OP(O)Oc1cccc2c1ccc1cc(-c3ccccc3)ccc12. The lowest BCUT2D eigenvalue weighted by molar-refractivity contribution is -0.117. The van der Waals surface area contributed by atoms with Crippen molar-refractivity contribution < 1.29 is 23.9 Å². The Kier molecular flexibility index (Phi) is 6.47. The van der Waals surface area contributed by atoms with Gasteiger partial charge < -0.3 is 29.0 Å². The first-order chi connectivity index (χ1) is 20.0. The minimum absolute atomic E-state index is 0.00546. The Bertz CT molecular complexity index is 1760. The van der Waals surface area contributed by atoms with Gasteiger partial charge in [0.1, 0.15) is 17.1 Å². The number of hydrogen-bond donors (Lipinski definition) is 2. The van der Waals surface area contributed by atoms with Crippen molar-refractivity contribution in [1.29, 1.82) is 0 Å². The highest BCUT2D eigenvalue weighted by atomic mass is 31.2. The first-order valence-electron chi connectivity index (χ1n) is 13.6. The average molecular weight is 566 g/mol. The van der Waals surface area contributed by atoms with Gasteiger partial charge in [-0.2, -0.15) is 0 Å². The zero-order valence-corrected chi connectivity index (χ0v) is 23.1. The zero-order chi connectivity index (χ0) is 28.1. The molecule has 0 amide bonds. The van der Waals surface area contributed by atoms with Crippen LogP contribution in [0.1, 0.15) is 0 Å². The number of allylic oxidation sites excluding steroid dienone is 1. The molecule has 8 rings (SSSR count). The predicted octanol–water partition coefficient (Wildman–Crippen LogP) is 4.43. The van der Waals surface area contributed by atoms with Crippen molar-refractivity contribution in [1.82, 2.24) is 14.7 Å². The van der Waals surface area contributed by atoms with E-state index in [-0.39, 0.29) is 11.6 Å². The summed E-state index contributed by atoms with van der Waals surface area (Å²) in [6, 6.07) is 26.3. The fourth-order valence-corrected chi connectivity index (χ4v) is 5.66. The number of carbonyl (C=O) groups excluding carboxylic acids is 2. The molecule has 41 heavy (non-hydrogen) atoms. The number of rotatable bonds is 6. The van der Waals surface area contributed by atoms with Gasteiger partial charge in [-0.15, -0.1) is 0 Å². The van der Waals surface area contributed by atoms with E-state index in [1.54, 1.807) is 6.07 Å². The molecule has 1 aliphatic carbocycles. The van der Waals surface area contributed by atoms with E-state index in [4.69, 9.17) is 14.3 Å². The Morgan fingerprint density at radius 1 is 0.634 bits per heavy atom. The molecular weight excluding hydrogens is 537 g/mol. The normalized spacial score (nSPS) is 17.6. The summed E-state index contributed by atoms with van der Waals surface area (Å²) in [5, 5.41) is 4.14. The highest BCUT2D eigenvalue weighted by Crippen LogP contribution is 2.38.